The fourth-order valence-electron chi connectivity index (χ4n) is 1.65. The van der Waals surface area contributed by atoms with Crippen LogP contribution in [0.1, 0.15) is 5.56 Å². The first-order chi connectivity index (χ1) is 9.10. The third-order valence-corrected chi connectivity index (χ3v) is 3.01. The lowest BCUT2D eigenvalue weighted by Crippen LogP contribution is -2.01. The van der Waals surface area contributed by atoms with E-state index in [0.717, 1.165) is 0 Å². The van der Waals surface area contributed by atoms with Crippen molar-refractivity contribution < 1.29 is 13.5 Å². The SMILES string of the molecule is COc1cc(NCc2cc(F)ccc2Cl)ccc1F. The molecule has 2 rings (SSSR count). The second-order valence-electron chi connectivity index (χ2n) is 3.94. The van der Waals surface area contributed by atoms with Crippen LogP contribution in [-0.2, 0) is 6.54 Å². The summed E-state index contributed by atoms with van der Waals surface area (Å²) in [6.07, 6.45) is 0. The molecule has 1 N–H and O–H groups in total. The van der Waals surface area contributed by atoms with E-state index < -0.39 is 5.82 Å². The molecule has 100 valence electrons. The van der Waals surface area contributed by atoms with Gasteiger partial charge in [-0.25, -0.2) is 8.78 Å². The number of methoxy groups -OCH3 is 1. The van der Waals surface area contributed by atoms with E-state index in [9.17, 15) is 8.78 Å². The lowest BCUT2D eigenvalue weighted by atomic mass is 10.2. The van der Waals surface area contributed by atoms with Crippen LogP contribution in [0.2, 0.25) is 5.02 Å². The molecule has 0 saturated heterocycles. The zero-order valence-corrected chi connectivity index (χ0v) is 11.0. The summed E-state index contributed by atoms with van der Waals surface area (Å²) in [6, 6.07) is 8.56. The molecule has 0 spiro atoms. The normalized spacial score (nSPS) is 10.3. The molecule has 2 aromatic carbocycles. The molecule has 0 aromatic heterocycles. The highest BCUT2D eigenvalue weighted by atomic mass is 35.5. The molecule has 0 saturated carbocycles. The van der Waals surface area contributed by atoms with Crippen LogP contribution in [-0.4, -0.2) is 7.11 Å². The summed E-state index contributed by atoms with van der Waals surface area (Å²) in [7, 11) is 1.39. The van der Waals surface area contributed by atoms with Gasteiger partial charge in [-0.05, 0) is 35.9 Å². The van der Waals surface area contributed by atoms with Crippen LogP contribution in [0.25, 0.3) is 0 Å². The van der Waals surface area contributed by atoms with Crippen LogP contribution in [0.4, 0.5) is 14.5 Å². The van der Waals surface area contributed by atoms with E-state index in [4.69, 9.17) is 16.3 Å². The van der Waals surface area contributed by atoms with Crippen molar-refractivity contribution in [3.05, 3.63) is 58.6 Å². The van der Waals surface area contributed by atoms with Gasteiger partial charge in [-0.15, -0.1) is 0 Å². The molecule has 0 atom stereocenters. The summed E-state index contributed by atoms with van der Waals surface area (Å²) in [4.78, 5) is 0. The summed E-state index contributed by atoms with van der Waals surface area (Å²) < 4.78 is 31.2. The third kappa shape index (κ3) is 3.35. The van der Waals surface area contributed by atoms with E-state index in [0.29, 0.717) is 22.8 Å². The fourth-order valence-corrected chi connectivity index (χ4v) is 1.83. The Morgan fingerprint density at radius 2 is 1.95 bits per heavy atom. The molecule has 0 fully saturated rings. The summed E-state index contributed by atoms with van der Waals surface area (Å²) in [5, 5.41) is 3.51. The Hall–Kier alpha value is -1.81. The molecule has 0 amide bonds. The number of halogens is 3. The number of rotatable bonds is 4. The number of anilines is 1. The van der Waals surface area contributed by atoms with Gasteiger partial charge in [0, 0.05) is 23.3 Å². The lowest BCUT2D eigenvalue weighted by molar-refractivity contribution is 0.387. The molecular weight excluding hydrogens is 272 g/mol. The van der Waals surface area contributed by atoms with Gasteiger partial charge in [0.25, 0.3) is 0 Å². The second kappa shape index (κ2) is 5.89. The minimum atomic E-state index is -0.433. The molecular formula is C14H12ClF2NO. The summed E-state index contributed by atoms with van der Waals surface area (Å²) in [5.41, 5.74) is 1.29. The van der Waals surface area contributed by atoms with Gasteiger partial charge in [-0.1, -0.05) is 11.6 Å². The van der Waals surface area contributed by atoms with Gasteiger partial charge in [-0.3, -0.25) is 0 Å². The number of nitrogens with one attached hydrogen (secondary N) is 1. The molecule has 0 radical (unpaired) electrons. The zero-order chi connectivity index (χ0) is 13.8. The topological polar surface area (TPSA) is 21.3 Å². The van der Waals surface area contributed by atoms with E-state index in [-0.39, 0.29) is 11.6 Å². The van der Waals surface area contributed by atoms with E-state index in [1.807, 2.05) is 0 Å². The van der Waals surface area contributed by atoms with Crippen LogP contribution in [0.15, 0.2) is 36.4 Å². The van der Waals surface area contributed by atoms with Gasteiger partial charge in [0.2, 0.25) is 0 Å². The Bertz CT molecular complexity index is 590. The Kier molecular flexibility index (Phi) is 4.22. The predicted molar refractivity (Wildman–Crippen MR) is 71.7 cm³/mol. The van der Waals surface area contributed by atoms with E-state index >= 15 is 0 Å². The van der Waals surface area contributed by atoms with Crippen molar-refractivity contribution in [1.82, 2.24) is 0 Å². The highest BCUT2D eigenvalue weighted by molar-refractivity contribution is 6.31. The summed E-state index contributed by atoms with van der Waals surface area (Å²) in [5.74, 6) is -0.634. The van der Waals surface area contributed by atoms with Crippen LogP contribution >= 0.6 is 11.6 Å². The fraction of sp³-hybridized carbons (Fsp3) is 0.143. The molecule has 0 aliphatic rings. The molecule has 0 unspecified atom stereocenters. The van der Waals surface area contributed by atoms with Crippen LogP contribution in [0, 0.1) is 11.6 Å². The van der Waals surface area contributed by atoms with Crippen molar-refractivity contribution >= 4 is 17.3 Å². The summed E-state index contributed by atoms with van der Waals surface area (Å²) >= 11 is 5.95. The average molecular weight is 284 g/mol. The maximum absolute atomic E-state index is 13.2. The smallest absolute Gasteiger partial charge is 0.165 e. The quantitative estimate of drug-likeness (QED) is 0.906. The molecule has 0 heterocycles. The van der Waals surface area contributed by atoms with Crippen molar-refractivity contribution in [2.75, 3.05) is 12.4 Å². The van der Waals surface area contributed by atoms with E-state index in [1.165, 1.54) is 37.4 Å². The maximum atomic E-state index is 13.2. The maximum Gasteiger partial charge on any atom is 0.165 e. The van der Waals surface area contributed by atoms with Gasteiger partial charge in [0.1, 0.15) is 5.82 Å². The van der Waals surface area contributed by atoms with Crippen LogP contribution < -0.4 is 10.1 Å². The van der Waals surface area contributed by atoms with E-state index in [2.05, 4.69) is 5.32 Å². The average Bonchev–Trinajstić information content (AvgIpc) is 2.41. The van der Waals surface area contributed by atoms with Crippen molar-refractivity contribution in [3.8, 4) is 5.75 Å². The predicted octanol–water partition coefficient (Wildman–Crippen LogP) is 4.24. The monoisotopic (exact) mass is 283 g/mol. The van der Waals surface area contributed by atoms with Gasteiger partial charge in [0.15, 0.2) is 11.6 Å². The highest BCUT2D eigenvalue weighted by Crippen LogP contribution is 2.23. The number of benzene rings is 2. The van der Waals surface area contributed by atoms with Crippen LogP contribution in [0.5, 0.6) is 5.75 Å². The minimum absolute atomic E-state index is 0.148. The first-order valence-electron chi connectivity index (χ1n) is 5.61. The van der Waals surface area contributed by atoms with E-state index in [1.54, 1.807) is 6.07 Å². The first kappa shape index (κ1) is 13.6. The van der Waals surface area contributed by atoms with Crippen LogP contribution in [0.3, 0.4) is 0 Å². The molecule has 2 aromatic rings. The number of hydrogen-bond acceptors (Lipinski definition) is 2. The number of ether oxygens (including phenoxy) is 1. The molecule has 5 heteroatoms. The zero-order valence-electron chi connectivity index (χ0n) is 10.2. The summed E-state index contributed by atoms with van der Waals surface area (Å²) in [6.45, 7) is 0.339. The van der Waals surface area contributed by atoms with Gasteiger partial charge < -0.3 is 10.1 Å². The lowest BCUT2D eigenvalue weighted by Gasteiger charge is -2.10. The third-order valence-electron chi connectivity index (χ3n) is 2.64. The Labute approximate surface area is 115 Å². The van der Waals surface area contributed by atoms with Crippen molar-refractivity contribution in [2.45, 2.75) is 6.54 Å². The molecule has 0 aliphatic heterocycles. The largest absolute Gasteiger partial charge is 0.494 e. The second-order valence-corrected chi connectivity index (χ2v) is 4.35. The Morgan fingerprint density at radius 1 is 1.16 bits per heavy atom. The van der Waals surface area contributed by atoms with Crippen molar-refractivity contribution in [2.24, 2.45) is 0 Å². The van der Waals surface area contributed by atoms with Crippen molar-refractivity contribution in [3.63, 3.8) is 0 Å². The Morgan fingerprint density at radius 3 is 2.68 bits per heavy atom. The Balaban J connectivity index is 2.12. The molecule has 0 aliphatic carbocycles. The van der Waals surface area contributed by atoms with Gasteiger partial charge >= 0.3 is 0 Å². The standard InChI is InChI=1S/C14H12ClF2NO/c1-19-14-7-11(3-5-13(14)17)18-8-9-6-10(16)2-4-12(9)15/h2-7,18H,8H2,1H3. The van der Waals surface area contributed by atoms with Gasteiger partial charge in [-0.2, -0.15) is 0 Å². The van der Waals surface area contributed by atoms with Crippen molar-refractivity contribution in [1.29, 1.82) is 0 Å². The first-order valence-corrected chi connectivity index (χ1v) is 5.99. The molecule has 0 bridgehead atoms. The molecule has 19 heavy (non-hydrogen) atoms. The molecule has 2 nitrogen and oxygen atoms in total. The van der Waals surface area contributed by atoms with Gasteiger partial charge in [0.05, 0.1) is 7.11 Å². The highest BCUT2D eigenvalue weighted by Gasteiger charge is 2.05. The number of hydrogen-bond donors (Lipinski definition) is 1. The minimum Gasteiger partial charge on any atom is -0.494 e.